The van der Waals surface area contributed by atoms with Gasteiger partial charge < -0.3 is 11.1 Å². The van der Waals surface area contributed by atoms with Crippen molar-refractivity contribution in [2.45, 2.75) is 19.9 Å². The predicted molar refractivity (Wildman–Crippen MR) is 79.6 cm³/mol. The summed E-state index contributed by atoms with van der Waals surface area (Å²) < 4.78 is 1.75. The first kappa shape index (κ1) is 14.4. The second-order valence-electron chi connectivity index (χ2n) is 4.55. The number of nitrogens with zero attached hydrogens (tertiary/aromatic N) is 2. The van der Waals surface area contributed by atoms with Crippen LogP contribution in [0, 0.1) is 0 Å². The maximum Gasteiger partial charge on any atom is 0.253 e. The van der Waals surface area contributed by atoms with Gasteiger partial charge in [-0.05, 0) is 24.6 Å². The third-order valence-corrected chi connectivity index (χ3v) is 3.32. The topological polar surface area (TPSA) is 72.9 Å². The van der Waals surface area contributed by atoms with E-state index < -0.39 is 0 Å². The molecule has 2 aromatic rings. The lowest BCUT2D eigenvalue weighted by atomic mass is 10.1. The van der Waals surface area contributed by atoms with E-state index in [0.29, 0.717) is 22.8 Å². The van der Waals surface area contributed by atoms with Gasteiger partial charge in [-0.15, -0.1) is 0 Å². The minimum absolute atomic E-state index is 0.221. The molecule has 0 radical (unpaired) electrons. The van der Waals surface area contributed by atoms with Crippen molar-refractivity contribution < 1.29 is 4.79 Å². The molecule has 0 bridgehead atoms. The number of carbonyl (C=O) groups is 1. The highest BCUT2D eigenvalue weighted by Gasteiger charge is 2.12. The van der Waals surface area contributed by atoms with E-state index in [2.05, 4.69) is 10.4 Å². The molecule has 0 spiro atoms. The van der Waals surface area contributed by atoms with Gasteiger partial charge in [-0.25, -0.2) is 0 Å². The van der Waals surface area contributed by atoms with Gasteiger partial charge in [0.15, 0.2) is 0 Å². The number of benzene rings is 1. The number of nitrogens with two attached hydrogens (primary N) is 1. The quantitative estimate of drug-likeness (QED) is 0.848. The van der Waals surface area contributed by atoms with Crippen LogP contribution in [0.2, 0.25) is 5.02 Å². The Morgan fingerprint density at radius 3 is 2.90 bits per heavy atom. The highest BCUT2D eigenvalue weighted by Crippen LogP contribution is 2.19. The van der Waals surface area contributed by atoms with Gasteiger partial charge in [0.2, 0.25) is 0 Å². The van der Waals surface area contributed by atoms with Crippen molar-refractivity contribution in [3.8, 4) is 0 Å². The molecule has 2 rings (SSSR count). The van der Waals surface area contributed by atoms with E-state index in [0.717, 1.165) is 17.7 Å². The molecule has 106 valence electrons. The van der Waals surface area contributed by atoms with E-state index >= 15 is 0 Å². The van der Waals surface area contributed by atoms with Crippen molar-refractivity contribution in [3.63, 3.8) is 0 Å². The first-order valence-electron chi connectivity index (χ1n) is 6.36. The number of aromatic nitrogens is 2. The Kier molecular flexibility index (Phi) is 4.29. The first-order chi connectivity index (χ1) is 9.51. The zero-order chi connectivity index (χ0) is 14.7. The summed E-state index contributed by atoms with van der Waals surface area (Å²) in [5, 5.41) is 7.53. The molecule has 1 amide bonds. The molecule has 0 fully saturated rings. The second kappa shape index (κ2) is 5.96. The van der Waals surface area contributed by atoms with Gasteiger partial charge in [-0.2, -0.15) is 5.10 Å². The van der Waals surface area contributed by atoms with E-state index in [9.17, 15) is 4.79 Å². The van der Waals surface area contributed by atoms with Crippen LogP contribution in [0.1, 0.15) is 28.5 Å². The van der Waals surface area contributed by atoms with Gasteiger partial charge >= 0.3 is 0 Å². The monoisotopic (exact) mass is 292 g/mol. The van der Waals surface area contributed by atoms with Crippen LogP contribution < -0.4 is 11.1 Å². The normalized spacial score (nSPS) is 10.6. The molecule has 0 unspecified atom stereocenters. The molecule has 3 N–H and O–H groups in total. The number of carbonyl (C=O) groups excluding carboxylic acids is 1. The maximum atomic E-state index is 12.1. The molecule has 1 heterocycles. The fourth-order valence-corrected chi connectivity index (χ4v) is 2.29. The maximum absolute atomic E-state index is 12.1. The number of anilines is 1. The molecule has 0 atom stereocenters. The fraction of sp³-hybridized carbons (Fsp3) is 0.286. The highest BCUT2D eigenvalue weighted by molar-refractivity contribution is 6.34. The summed E-state index contributed by atoms with van der Waals surface area (Å²) >= 11 is 6.01. The van der Waals surface area contributed by atoms with Crippen LogP contribution in [-0.4, -0.2) is 15.7 Å². The van der Waals surface area contributed by atoms with Crippen LogP contribution in [-0.2, 0) is 20.0 Å². The van der Waals surface area contributed by atoms with Crippen molar-refractivity contribution in [1.29, 1.82) is 0 Å². The zero-order valence-electron chi connectivity index (χ0n) is 11.5. The standard InChI is InChI=1S/C14H17ClN4O/c1-3-13-9(8-19(2)18-13)7-17-14(20)11-5-4-10(16)6-12(11)15/h4-6,8H,3,7,16H2,1-2H3,(H,17,20). The van der Waals surface area contributed by atoms with Crippen molar-refractivity contribution >= 4 is 23.2 Å². The molecule has 6 heteroatoms. The van der Waals surface area contributed by atoms with Crippen molar-refractivity contribution in [1.82, 2.24) is 15.1 Å². The highest BCUT2D eigenvalue weighted by atomic mass is 35.5. The van der Waals surface area contributed by atoms with Gasteiger partial charge in [0.05, 0.1) is 16.3 Å². The predicted octanol–water partition coefficient (Wildman–Crippen LogP) is 2.15. The summed E-state index contributed by atoms with van der Waals surface area (Å²) in [6.07, 6.45) is 2.73. The second-order valence-corrected chi connectivity index (χ2v) is 4.96. The molecule has 0 saturated heterocycles. The average Bonchev–Trinajstić information content (AvgIpc) is 2.76. The van der Waals surface area contributed by atoms with E-state index in [1.807, 2.05) is 20.2 Å². The number of hydrogen-bond donors (Lipinski definition) is 2. The van der Waals surface area contributed by atoms with Crippen LogP contribution in [0.25, 0.3) is 0 Å². The number of aryl methyl sites for hydroxylation is 2. The van der Waals surface area contributed by atoms with Gasteiger partial charge in [0, 0.05) is 31.0 Å². The summed E-state index contributed by atoms with van der Waals surface area (Å²) in [6.45, 7) is 2.46. The Labute approximate surface area is 122 Å². The van der Waals surface area contributed by atoms with Crippen molar-refractivity contribution in [2.24, 2.45) is 7.05 Å². The van der Waals surface area contributed by atoms with E-state index in [4.69, 9.17) is 17.3 Å². The third kappa shape index (κ3) is 3.11. The number of amides is 1. The van der Waals surface area contributed by atoms with E-state index in [-0.39, 0.29) is 5.91 Å². The lowest BCUT2D eigenvalue weighted by molar-refractivity contribution is 0.0951. The molecule has 0 aliphatic rings. The van der Waals surface area contributed by atoms with Crippen molar-refractivity contribution in [3.05, 3.63) is 46.2 Å². The summed E-state index contributed by atoms with van der Waals surface area (Å²) in [5.74, 6) is -0.221. The molecule has 0 aliphatic heterocycles. The molecule has 1 aromatic carbocycles. The minimum atomic E-state index is -0.221. The number of nitrogen functional groups attached to an aromatic ring is 1. The van der Waals surface area contributed by atoms with Gasteiger partial charge in [0.1, 0.15) is 0 Å². The van der Waals surface area contributed by atoms with Crippen LogP contribution in [0.4, 0.5) is 5.69 Å². The number of nitrogens with one attached hydrogen (secondary N) is 1. The Morgan fingerprint density at radius 1 is 1.50 bits per heavy atom. The molecule has 0 aliphatic carbocycles. The lowest BCUT2D eigenvalue weighted by Crippen LogP contribution is -2.23. The Morgan fingerprint density at radius 2 is 2.25 bits per heavy atom. The lowest BCUT2D eigenvalue weighted by Gasteiger charge is -2.07. The van der Waals surface area contributed by atoms with Crippen LogP contribution in [0.15, 0.2) is 24.4 Å². The van der Waals surface area contributed by atoms with Crippen molar-refractivity contribution in [2.75, 3.05) is 5.73 Å². The number of rotatable bonds is 4. The Bertz CT molecular complexity index is 636. The number of halogens is 1. The SMILES string of the molecule is CCc1nn(C)cc1CNC(=O)c1ccc(N)cc1Cl. The number of hydrogen-bond acceptors (Lipinski definition) is 3. The smallest absolute Gasteiger partial charge is 0.253 e. The summed E-state index contributed by atoms with van der Waals surface area (Å²) in [4.78, 5) is 12.1. The molecular weight excluding hydrogens is 276 g/mol. The largest absolute Gasteiger partial charge is 0.399 e. The molecule has 5 nitrogen and oxygen atoms in total. The van der Waals surface area contributed by atoms with E-state index in [1.165, 1.54) is 0 Å². The molecule has 1 aromatic heterocycles. The van der Waals surface area contributed by atoms with E-state index in [1.54, 1.807) is 22.9 Å². The zero-order valence-corrected chi connectivity index (χ0v) is 12.2. The summed E-state index contributed by atoms with van der Waals surface area (Å²) in [7, 11) is 1.86. The van der Waals surface area contributed by atoms with Crippen LogP contribution in [0.5, 0.6) is 0 Å². The molecule has 0 saturated carbocycles. The van der Waals surface area contributed by atoms with Crippen LogP contribution in [0.3, 0.4) is 0 Å². The minimum Gasteiger partial charge on any atom is -0.399 e. The third-order valence-electron chi connectivity index (χ3n) is 3.00. The Hall–Kier alpha value is -2.01. The van der Waals surface area contributed by atoms with Crippen LogP contribution >= 0.6 is 11.6 Å². The molecule has 20 heavy (non-hydrogen) atoms. The summed E-state index contributed by atoms with van der Waals surface area (Å²) in [5.41, 5.74) is 8.55. The van der Waals surface area contributed by atoms with Gasteiger partial charge in [-0.3, -0.25) is 9.48 Å². The van der Waals surface area contributed by atoms with Gasteiger partial charge in [0.25, 0.3) is 5.91 Å². The first-order valence-corrected chi connectivity index (χ1v) is 6.73. The molecular formula is C14H17ClN4O. The van der Waals surface area contributed by atoms with Gasteiger partial charge in [-0.1, -0.05) is 18.5 Å². The fourth-order valence-electron chi connectivity index (χ4n) is 2.02. The summed E-state index contributed by atoms with van der Waals surface area (Å²) in [6, 6.07) is 4.84. The average molecular weight is 293 g/mol. The Balaban J connectivity index is 2.08.